The molecule has 1 saturated heterocycles. The fraction of sp³-hybridized carbons (Fsp3) is 0.458. The van der Waals surface area contributed by atoms with Crippen molar-refractivity contribution in [1.82, 2.24) is 15.5 Å². The Balaban J connectivity index is 1.53. The van der Waals surface area contributed by atoms with Crippen molar-refractivity contribution in [3.8, 4) is 5.75 Å². The first-order chi connectivity index (χ1) is 14.6. The summed E-state index contributed by atoms with van der Waals surface area (Å²) < 4.78 is 11.2. The first-order valence-corrected chi connectivity index (χ1v) is 10.7. The zero-order valence-corrected chi connectivity index (χ0v) is 18.4. The molecule has 0 amide bonds. The van der Waals surface area contributed by atoms with Crippen LogP contribution in [0.3, 0.4) is 0 Å². The second-order valence-electron chi connectivity index (χ2n) is 7.75. The Labute approximate surface area is 180 Å². The summed E-state index contributed by atoms with van der Waals surface area (Å²) in [5, 5.41) is 6.84. The Morgan fingerprint density at radius 3 is 2.50 bits per heavy atom. The number of ether oxygens (including phenoxy) is 2. The van der Waals surface area contributed by atoms with Crippen LogP contribution in [0.1, 0.15) is 30.5 Å². The highest BCUT2D eigenvalue weighted by Crippen LogP contribution is 2.15. The second-order valence-corrected chi connectivity index (χ2v) is 7.75. The molecule has 2 N–H and O–H groups in total. The number of aliphatic imine (C=N–C) groups is 1. The Hall–Kier alpha value is -2.57. The third-order valence-corrected chi connectivity index (χ3v) is 5.02. The number of nitrogens with zero attached hydrogens (tertiary/aromatic N) is 2. The maximum atomic E-state index is 5.78. The molecule has 0 unspecified atom stereocenters. The first-order valence-electron chi connectivity index (χ1n) is 10.7. The Bertz CT molecular complexity index is 816. The molecule has 0 atom stereocenters. The van der Waals surface area contributed by atoms with Crippen molar-refractivity contribution in [2.45, 2.75) is 39.6 Å². The molecule has 0 bridgehead atoms. The predicted octanol–water partition coefficient (Wildman–Crippen LogP) is 3.17. The van der Waals surface area contributed by atoms with Gasteiger partial charge in [-0.15, -0.1) is 0 Å². The van der Waals surface area contributed by atoms with E-state index in [1.807, 2.05) is 26.0 Å². The molecule has 1 fully saturated rings. The van der Waals surface area contributed by atoms with Crippen molar-refractivity contribution in [2.75, 3.05) is 33.4 Å². The van der Waals surface area contributed by atoms with Crippen LogP contribution in [0.5, 0.6) is 5.75 Å². The van der Waals surface area contributed by atoms with Crippen molar-refractivity contribution < 1.29 is 9.47 Å². The van der Waals surface area contributed by atoms with E-state index < -0.39 is 0 Å². The van der Waals surface area contributed by atoms with Gasteiger partial charge in [-0.25, -0.2) is 0 Å². The largest absolute Gasteiger partial charge is 0.491 e. The molecule has 2 aromatic rings. The molecular weight excluding hydrogens is 376 g/mol. The number of benzene rings is 2. The predicted molar refractivity (Wildman–Crippen MR) is 122 cm³/mol. The van der Waals surface area contributed by atoms with E-state index in [-0.39, 0.29) is 6.10 Å². The zero-order valence-electron chi connectivity index (χ0n) is 18.4. The van der Waals surface area contributed by atoms with Gasteiger partial charge in [0, 0.05) is 39.8 Å². The molecule has 0 aliphatic carbocycles. The van der Waals surface area contributed by atoms with Gasteiger partial charge < -0.3 is 20.1 Å². The summed E-state index contributed by atoms with van der Waals surface area (Å²) in [6.07, 6.45) is 0.167. The molecule has 30 heavy (non-hydrogen) atoms. The maximum Gasteiger partial charge on any atom is 0.191 e. The number of rotatable bonds is 8. The third kappa shape index (κ3) is 7.04. The molecule has 162 valence electrons. The van der Waals surface area contributed by atoms with Gasteiger partial charge in [0.25, 0.3) is 0 Å². The SMILES string of the molecule is CN=C(NCc1cccc(OC(C)C)c1)NCc1ccccc1CN1CCOCC1. The molecule has 0 saturated carbocycles. The molecule has 0 radical (unpaired) electrons. The topological polar surface area (TPSA) is 58.1 Å². The minimum atomic E-state index is 0.167. The summed E-state index contributed by atoms with van der Waals surface area (Å²) in [5.74, 6) is 1.68. The Kier molecular flexibility index (Phi) is 8.53. The maximum absolute atomic E-state index is 5.78. The molecule has 1 heterocycles. The van der Waals surface area contributed by atoms with Crippen LogP contribution in [0.15, 0.2) is 53.5 Å². The number of morpholine rings is 1. The van der Waals surface area contributed by atoms with Gasteiger partial charge in [-0.05, 0) is 42.7 Å². The summed E-state index contributed by atoms with van der Waals surface area (Å²) in [6.45, 7) is 10.1. The molecule has 1 aliphatic rings. The van der Waals surface area contributed by atoms with Gasteiger partial charge in [-0.1, -0.05) is 36.4 Å². The highest BCUT2D eigenvalue weighted by atomic mass is 16.5. The van der Waals surface area contributed by atoms with Crippen LogP contribution in [0.25, 0.3) is 0 Å². The van der Waals surface area contributed by atoms with Gasteiger partial charge in [0.15, 0.2) is 5.96 Å². The van der Waals surface area contributed by atoms with Crippen molar-refractivity contribution in [3.63, 3.8) is 0 Å². The van der Waals surface area contributed by atoms with Gasteiger partial charge in [-0.3, -0.25) is 9.89 Å². The lowest BCUT2D eigenvalue weighted by molar-refractivity contribution is 0.0341. The van der Waals surface area contributed by atoms with Crippen LogP contribution >= 0.6 is 0 Å². The highest BCUT2D eigenvalue weighted by molar-refractivity contribution is 5.79. The van der Waals surface area contributed by atoms with E-state index in [1.165, 1.54) is 11.1 Å². The van der Waals surface area contributed by atoms with Crippen LogP contribution in [0.2, 0.25) is 0 Å². The Morgan fingerprint density at radius 1 is 1.03 bits per heavy atom. The first kappa shape index (κ1) is 22.1. The van der Waals surface area contributed by atoms with E-state index in [0.717, 1.165) is 56.7 Å². The van der Waals surface area contributed by atoms with E-state index >= 15 is 0 Å². The van der Waals surface area contributed by atoms with Gasteiger partial charge in [0.05, 0.1) is 19.3 Å². The average molecular weight is 411 g/mol. The minimum Gasteiger partial charge on any atom is -0.491 e. The minimum absolute atomic E-state index is 0.167. The fourth-order valence-electron chi connectivity index (χ4n) is 3.47. The number of guanidine groups is 1. The smallest absolute Gasteiger partial charge is 0.191 e. The summed E-state index contributed by atoms with van der Waals surface area (Å²) in [6, 6.07) is 16.8. The van der Waals surface area contributed by atoms with Crippen molar-refractivity contribution >= 4 is 5.96 Å². The zero-order chi connectivity index (χ0) is 21.2. The molecule has 6 heteroatoms. The van der Waals surface area contributed by atoms with Gasteiger partial charge in [0.2, 0.25) is 0 Å². The lowest BCUT2D eigenvalue weighted by Crippen LogP contribution is -2.37. The van der Waals surface area contributed by atoms with Crippen LogP contribution in [-0.4, -0.2) is 50.3 Å². The van der Waals surface area contributed by atoms with Crippen molar-refractivity contribution in [1.29, 1.82) is 0 Å². The average Bonchev–Trinajstić information content (AvgIpc) is 2.75. The lowest BCUT2D eigenvalue weighted by Gasteiger charge is -2.27. The summed E-state index contributed by atoms with van der Waals surface area (Å²) in [5.41, 5.74) is 3.80. The van der Waals surface area contributed by atoms with E-state index in [0.29, 0.717) is 6.54 Å². The van der Waals surface area contributed by atoms with Gasteiger partial charge in [-0.2, -0.15) is 0 Å². The molecule has 2 aromatic carbocycles. The van der Waals surface area contributed by atoms with Gasteiger partial charge in [0.1, 0.15) is 5.75 Å². The summed E-state index contributed by atoms with van der Waals surface area (Å²) >= 11 is 0. The normalized spacial score (nSPS) is 15.3. The van der Waals surface area contributed by atoms with Crippen LogP contribution < -0.4 is 15.4 Å². The molecular formula is C24H34N4O2. The Morgan fingerprint density at radius 2 is 1.77 bits per heavy atom. The summed E-state index contributed by atoms with van der Waals surface area (Å²) in [7, 11) is 1.80. The van der Waals surface area contributed by atoms with E-state index in [4.69, 9.17) is 9.47 Å². The molecule has 1 aliphatic heterocycles. The molecule has 3 rings (SSSR count). The molecule has 0 aromatic heterocycles. The fourth-order valence-corrected chi connectivity index (χ4v) is 3.47. The van der Waals surface area contributed by atoms with Crippen LogP contribution in [0, 0.1) is 0 Å². The van der Waals surface area contributed by atoms with Crippen molar-refractivity contribution in [3.05, 3.63) is 65.2 Å². The molecule has 6 nitrogen and oxygen atoms in total. The third-order valence-electron chi connectivity index (χ3n) is 5.02. The standard InChI is InChI=1S/C24H34N4O2/c1-19(2)30-23-10-6-7-20(15-23)16-26-24(25-3)27-17-21-8-4-5-9-22(21)18-28-11-13-29-14-12-28/h4-10,15,19H,11-14,16-18H2,1-3H3,(H2,25,26,27). The van der Waals surface area contributed by atoms with Crippen LogP contribution in [-0.2, 0) is 24.4 Å². The number of hydrogen-bond donors (Lipinski definition) is 2. The number of nitrogens with one attached hydrogen (secondary N) is 2. The van der Waals surface area contributed by atoms with Crippen LogP contribution in [0.4, 0.5) is 0 Å². The lowest BCUT2D eigenvalue weighted by atomic mass is 10.1. The number of hydrogen-bond acceptors (Lipinski definition) is 4. The van der Waals surface area contributed by atoms with E-state index in [2.05, 4.69) is 56.9 Å². The van der Waals surface area contributed by atoms with E-state index in [1.54, 1.807) is 7.05 Å². The van der Waals surface area contributed by atoms with E-state index in [9.17, 15) is 0 Å². The second kappa shape index (κ2) is 11.6. The quantitative estimate of drug-likeness (QED) is 0.517. The van der Waals surface area contributed by atoms with Crippen molar-refractivity contribution in [2.24, 2.45) is 4.99 Å². The molecule has 0 spiro atoms. The summed E-state index contributed by atoms with van der Waals surface area (Å²) in [4.78, 5) is 6.82. The van der Waals surface area contributed by atoms with Gasteiger partial charge >= 0.3 is 0 Å². The highest BCUT2D eigenvalue weighted by Gasteiger charge is 2.12. The monoisotopic (exact) mass is 410 g/mol.